The van der Waals surface area contributed by atoms with Crippen LogP contribution in [0.5, 0.6) is 0 Å². The van der Waals surface area contributed by atoms with Gasteiger partial charge in [-0.05, 0) is 63.1 Å². The van der Waals surface area contributed by atoms with Crippen molar-refractivity contribution in [1.82, 2.24) is 10.2 Å². The number of nitrogens with one attached hydrogen (secondary N) is 3. The van der Waals surface area contributed by atoms with Gasteiger partial charge in [-0.2, -0.15) is 0 Å². The molecule has 0 bridgehead atoms. The van der Waals surface area contributed by atoms with Crippen LogP contribution in [0.4, 0.5) is 11.4 Å². The average Bonchev–Trinajstić information content (AvgIpc) is 2.71. The molecule has 0 saturated heterocycles. The van der Waals surface area contributed by atoms with Gasteiger partial charge in [0.1, 0.15) is 0 Å². The first-order valence-electron chi connectivity index (χ1n) is 10.5. The van der Waals surface area contributed by atoms with E-state index in [1.165, 1.54) is 0 Å². The zero-order valence-corrected chi connectivity index (χ0v) is 20.0. The summed E-state index contributed by atoms with van der Waals surface area (Å²) in [6, 6.07) is 9.26. The Hall–Kier alpha value is -2.90. The molecular formula is C24H31ClN4O3. The summed E-state index contributed by atoms with van der Waals surface area (Å²) < 4.78 is 0. The van der Waals surface area contributed by atoms with Crippen molar-refractivity contribution >= 4 is 40.7 Å². The van der Waals surface area contributed by atoms with Gasteiger partial charge in [0.05, 0.1) is 19.6 Å². The Kier molecular flexibility index (Phi) is 9.23. The van der Waals surface area contributed by atoms with Gasteiger partial charge in [0, 0.05) is 16.4 Å². The Morgan fingerprint density at radius 3 is 2.09 bits per heavy atom. The molecule has 0 aliphatic rings. The number of carbonyl (C=O) groups excluding carboxylic acids is 3. The zero-order chi connectivity index (χ0) is 23.8. The zero-order valence-electron chi connectivity index (χ0n) is 19.3. The fourth-order valence-corrected chi connectivity index (χ4v) is 3.57. The average molecular weight is 459 g/mol. The number of halogens is 1. The summed E-state index contributed by atoms with van der Waals surface area (Å²) in [6.07, 6.45) is 0. The molecule has 2 aromatic rings. The predicted molar refractivity (Wildman–Crippen MR) is 129 cm³/mol. The van der Waals surface area contributed by atoms with Crippen LogP contribution in [0.1, 0.15) is 29.2 Å². The van der Waals surface area contributed by atoms with Crippen LogP contribution in [-0.2, 0) is 14.4 Å². The molecule has 7 nitrogen and oxygen atoms in total. The van der Waals surface area contributed by atoms with E-state index in [1.54, 1.807) is 17.0 Å². The lowest BCUT2D eigenvalue weighted by molar-refractivity contribution is -0.125. The summed E-state index contributed by atoms with van der Waals surface area (Å²) >= 11 is 5.99. The van der Waals surface area contributed by atoms with E-state index in [1.807, 2.05) is 52.8 Å². The number of hydrogen-bond donors (Lipinski definition) is 3. The molecular weight excluding hydrogens is 428 g/mol. The van der Waals surface area contributed by atoms with E-state index in [9.17, 15) is 14.4 Å². The highest BCUT2D eigenvalue weighted by Crippen LogP contribution is 2.22. The van der Waals surface area contributed by atoms with Crippen LogP contribution in [0, 0.1) is 27.7 Å². The number of aryl methyl sites for hydroxylation is 4. The maximum Gasteiger partial charge on any atom is 0.243 e. The topological polar surface area (TPSA) is 90.5 Å². The molecule has 0 aliphatic carbocycles. The molecule has 2 rings (SSSR count). The minimum atomic E-state index is -0.328. The molecule has 2 aromatic carbocycles. The lowest BCUT2D eigenvalue weighted by Gasteiger charge is -2.20. The molecule has 0 heterocycles. The van der Waals surface area contributed by atoms with Gasteiger partial charge in [0.25, 0.3) is 0 Å². The molecule has 0 saturated carbocycles. The van der Waals surface area contributed by atoms with Crippen molar-refractivity contribution in [2.24, 2.45) is 0 Å². The maximum absolute atomic E-state index is 12.4. The third-order valence-corrected chi connectivity index (χ3v) is 5.28. The van der Waals surface area contributed by atoms with Crippen LogP contribution in [-0.4, -0.2) is 48.8 Å². The van der Waals surface area contributed by atoms with Crippen LogP contribution >= 0.6 is 11.6 Å². The van der Waals surface area contributed by atoms with Gasteiger partial charge in [0.2, 0.25) is 17.7 Å². The highest BCUT2D eigenvalue weighted by Gasteiger charge is 2.15. The van der Waals surface area contributed by atoms with Crippen molar-refractivity contribution in [1.29, 1.82) is 0 Å². The van der Waals surface area contributed by atoms with E-state index in [0.717, 1.165) is 27.9 Å². The van der Waals surface area contributed by atoms with E-state index in [2.05, 4.69) is 16.0 Å². The fourth-order valence-electron chi connectivity index (χ4n) is 3.40. The van der Waals surface area contributed by atoms with Crippen molar-refractivity contribution in [2.45, 2.75) is 34.6 Å². The molecule has 0 aliphatic heterocycles. The first-order valence-corrected chi connectivity index (χ1v) is 10.9. The van der Waals surface area contributed by atoms with Crippen LogP contribution in [0.25, 0.3) is 0 Å². The maximum atomic E-state index is 12.4. The first-order chi connectivity index (χ1) is 15.1. The van der Waals surface area contributed by atoms with Gasteiger partial charge in [0.15, 0.2) is 0 Å². The Balaban J connectivity index is 1.83. The van der Waals surface area contributed by atoms with Gasteiger partial charge in [-0.1, -0.05) is 42.3 Å². The number of anilines is 2. The summed E-state index contributed by atoms with van der Waals surface area (Å²) in [5, 5.41) is 8.83. The molecule has 0 fully saturated rings. The molecule has 0 unspecified atom stereocenters. The third-order valence-electron chi connectivity index (χ3n) is 5.04. The second-order valence-electron chi connectivity index (χ2n) is 7.91. The minimum absolute atomic E-state index is 0.00825. The number of carbonyl (C=O) groups is 3. The van der Waals surface area contributed by atoms with Crippen molar-refractivity contribution in [3.63, 3.8) is 0 Å². The van der Waals surface area contributed by atoms with E-state index in [4.69, 9.17) is 11.6 Å². The lowest BCUT2D eigenvalue weighted by Crippen LogP contribution is -2.43. The quantitative estimate of drug-likeness (QED) is 0.535. The normalized spacial score (nSPS) is 10.7. The van der Waals surface area contributed by atoms with Gasteiger partial charge in [-0.15, -0.1) is 0 Å². The van der Waals surface area contributed by atoms with Crippen LogP contribution < -0.4 is 16.0 Å². The molecule has 0 aromatic heterocycles. The number of amides is 3. The summed E-state index contributed by atoms with van der Waals surface area (Å²) in [6.45, 7) is 10.0. The standard InChI is InChI=1S/C24H31ClN4O3/c1-6-29(14-23(32)27-20-11-19(25)8-7-16(20)3)13-22(31)26-12-21(30)28-24-17(4)9-15(2)10-18(24)5/h7-11H,6,12-14H2,1-5H3,(H,26,31)(H,27,32)(H,28,30). The number of rotatable bonds is 9. The molecule has 0 spiro atoms. The van der Waals surface area contributed by atoms with Gasteiger partial charge in [-0.3, -0.25) is 19.3 Å². The van der Waals surface area contributed by atoms with Crippen LogP contribution in [0.2, 0.25) is 5.02 Å². The Bertz CT molecular complexity index is 984. The first kappa shape index (κ1) is 25.4. The van der Waals surface area contributed by atoms with Crippen LogP contribution in [0.3, 0.4) is 0 Å². The summed E-state index contributed by atoms with van der Waals surface area (Å²) in [5.41, 5.74) is 5.37. The van der Waals surface area contributed by atoms with Crippen molar-refractivity contribution in [3.8, 4) is 0 Å². The number of nitrogens with zero attached hydrogens (tertiary/aromatic N) is 1. The van der Waals surface area contributed by atoms with Gasteiger partial charge < -0.3 is 16.0 Å². The van der Waals surface area contributed by atoms with Crippen molar-refractivity contribution in [3.05, 3.63) is 57.6 Å². The number of hydrogen-bond acceptors (Lipinski definition) is 4. The van der Waals surface area contributed by atoms with Crippen molar-refractivity contribution in [2.75, 3.05) is 36.8 Å². The molecule has 3 N–H and O–H groups in total. The largest absolute Gasteiger partial charge is 0.346 e. The third kappa shape index (κ3) is 7.66. The molecule has 32 heavy (non-hydrogen) atoms. The van der Waals surface area contributed by atoms with Crippen LogP contribution in [0.15, 0.2) is 30.3 Å². The van der Waals surface area contributed by atoms with Crippen molar-refractivity contribution < 1.29 is 14.4 Å². The summed E-state index contributed by atoms with van der Waals surface area (Å²) in [5.74, 6) is -0.871. The Morgan fingerprint density at radius 2 is 1.47 bits per heavy atom. The van der Waals surface area contributed by atoms with E-state index >= 15 is 0 Å². The van der Waals surface area contributed by atoms with E-state index < -0.39 is 0 Å². The second-order valence-corrected chi connectivity index (χ2v) is 8.35. The SMILES string of the molecule is CCN(CC(=O)NCC(=O)Nc1c(C)cc(C)cc1C)CC(=O)Nc1cc(Cl)ccc1C. The number of benzene rings is 2. The predicted octanol–water partition coefficient (Wildman–Crippen LogP) is 3.59. The number of likely N-dealkylation sites (N-methyl/N-ethyl adjacent to an activating group) is 1. The highest BCUT2D eigenvalue weighted by molar-refractivity contribution is 6.31. The Labute approximate surface area is 194 Å². The molecule has 172 valence electrons. The lowest BCUT2D eigenvalue weighted by atomic mass is 10.1. The highest BCUT2D eigenvalue weighted by atomic mass is 35.5. The summed E-state index contributed by atoms with van der Waals surface area (Å²) in [7, 11) is 0. The molecule has 3 amide bonds. The van der Waals surface area contributed by atoms with Gasteiger partial charge >= 0.3 is 0 Å². The monoisotopic (exact) mass is 458 g/mol. The second kappa shape index (κ2) is 11.6. The minimum Gasteiger partial charge on any atom is -0.346 e. The molecule has 0 radical (unpaired) electrons. The van der Waals surface area contributed by atoms with E-state index in [-0.39, 0.29) is 37.4 Å². The smallest absolute Gasteiger partial charge is 0.243 e. The summed E-state index contributed by atoms with van der Waals surface area (Å²) in [4.78, 5) is 38.7. The Morgan fingerprint density at radius 1 is 0.844 bits per heavy atom. The fraction of sp³-hybridized carbons (Fsp3) is 0.375. The molecule has 8 heteroatoms. The van der Waals surface area contributed by atoms with E-state index in [0.29, 0.717) is 17.3 Å². The van der Waals surface area contributed by atoms with Gasteiger partial charge in [-0.25, -0.2) is 0 Å². The molecule has 0 atom stereocenters.